The highest BCUT2D eigenvalue weighted by Gasteiger charge is 2.29. The Balaban J connectivity index is 1.94. The molecule has 1 N–H and O–H groups in total. The second kappa shape index (κ2) is 5.82. The highest BCUT2D eigenvalue weighted by atomic mass is 79.9. The van der Waals surface area contributed by atoms with Crippen molar-refractivity contribution in [3.8, 4) is 0 Å². The summed E-state index contributed by atoms with van der Waals surface area (Å²) in [5.41, 5.74) is 2.36. The number of benzene rings is 1. The van der Waals surface area contributed by atoms with Crippen LogP contribution < -0.4 is 5.32 Å². The van der Waals surface area contributed by atoms with Gasteiger partial charge in [-0.25, -0.2) is 9.97 Å². The molecule has 0 radical (unpaired) electrons. The van der Waals surface area contributed by atoms with Gasteiger partial charge in [0, 0.05) is 23.9 Å². The topological polar surface area (TPSA) is 37.8 Å². The summed E-state index contributed by atoms with van der Waals surface area (Å²) in [6.45, 7) is 0. The molecule has 1 aliphatic carbocycles. The average molecular weight is 397 g/mol. The van der Waals surface area contributed by atoms with Crippen molar-refractivity contribution in [1.82, 2.24) is 9.97 Å². The van der Waals surface area contributed by atoms with E-state index >= 15 is 0 Å². The van der Waals surface area contributed by atoms with E-state index < -0.39 is 0 Å². The van der Waals surface area contributed by atoms with E-state index in [9.17, 15) is 0 Å². The molecule has 1 aliphatic rings. The maximum Gasteiger partial charge on any atom is 0.144 e. The third-order valence-electron chi connectivity index (χ3n) is 3.38. The molecule has 3 rings (SSSR count). The molecule has 1 saturated carbocycles. The van der Waals surface area contributed by atoms with Crippen LogP contribution in [0.2, 0.25) is 0 Å². The minimum absolute atomic E-state index is 0.598. The Hall–Kier alpha value is -0.940. The predicted octanol–water partition coefficient (Wildman–Crippen LogP) is 4.51. The van der Waals surface area contributed by atoms with Gasteiger partial charge >= 0.3 is 0 Å². The van der Waals surface area contributed by atoms with Gasteiger partial charge in [-0.3, -0.25) is 0 Å². The van der Waals surface area contributed by atoms with Crippen LogP contribution >= 0.6 is 31.9 Å². The van der Waals surface area contributed by atoms with Gasteiger partial charge in [-0.05, 0) is 46.5 Å². The zero-order valence-corrected chi connectivity index (χ0v) is 14.3. The summed E-state index contributed by atoms with van der Waals surface area (Å²) < 4.78 is 2.10. The van der Waals surface area contributed by atoms with E-state index in [-0.39, 0.29) is 0 Å². The standard InChI is InChI=1S/C15H15Br2N3/c1-18-15-13(17)14(10-5-6-10)19-12(20-15)8-9-3-2-4-11(16)7-9/h2-4,7,10H,5-6,8H2,1H3,(H,18,19,20). The number of hydrogen-bond acceptors (Lipinski definition) is 3. The summed E-state index contributed by atoms with van der Waals surface area (Å²) in [6, 6.07) is 8.28. The largest absolute Gasteiger partial charge is 0.372 e. The molecular formula is C15H15Br2N3. The summed E-state index contributed by atoms with van der Waals surface area (Å²) in [7, 11) is 1.90. The molecular weight excluding hydrogens is 382 g/mol. The first-order valence-electron chi connectivity index (χ1n) is 6.66. The molecule has 3 nitrogen and oxygen atoms in total. The van der Waals surface area contributed by atoms with Crippen LogP contribution in [0.15, 0.2) is 33.2 Å². The van der Waals surface area contributed by atoms with E-state index in [2.05, 4.69) is 54.3 Å². The van der Waals surface area contributed by atoms with Gasteiger partial charge in [0.2, 0.25) is 0 Å². The third-order valence-corrected chi connectivity index (χ3v) is 4.65. The summed E-state index contributed by atoms with van der Waals surface area (Å²) in [5.74, 6) is 2.35. The first-order chi connectivity index (χ1) is 9.67. The Labute approximate surface area is 135 Å². The molecule has 5 heteroatoms. The van der Waals surface area contributed by atoms with Crippen molar-refractivity contribution < 1.29 is 0 Å². The minimum Gasteiger partial charge on any atom is -0.372 e. The number of rotatable bonds is 4. The van der Waals surface area contributed by atoms with Gasteiger partial charge < -0.3 is 5.32 Å². The number of anilines is 1. The first kappa shape index (κ1) is 14.0. The second-order valence-corrected chi connectivity index (χ2v) is 6.73. The molecule has 0 amide bonds. The average Bonchev–Trinajstić information content (AvgIpc) is 3.25. The van der Waals surface area contributed by atoms with Crippen molar-refractivity contribution in [3.05, 3.63) is 50.3 Å². The minimum atomic E-state index is 0.598. The lowest BCUT2D eigenvalue weighted by Crippen LogP contribution is -2.06. The van der Waals surface area contributed by atoms with Crippen LogP contribution in [0.1, 0.15) is 35.8 Å². The first-order valence-corrected chi connectivity index (χ1v) is 8.24. The molecule has 1 heterocycles. The van der Waals surface area contributed by atoms with E-state index in [0.29, 0.717) is 5.92 Å². The molecule has 2 aromatic rings. The van der Waals surface area contributed by atoms with Crippen LogP contribution in [0.25, 0.3) is 0 Å². The molecule has 1 aromatic carbocycles. The van der Waals surface area contributed by atoms with Crippen LogP contribution in [-0.4, -0.2) is 17.0 Å². The van der Waals surface area contributed by atoms with Gasteiger partial charge in [0.25, 0.3) is 0 Å². The van der Waals surface area contributed by atoms with Gasteiger partial charge in [0.1, 0.15) is 11.6 Å². The molecule has 0 bridgehead atoms. The van der Waals surface area contributed by atoms with Gasteiger partial charge in [-0.15, -0.1) is 0 Å². The van der Waals surface area contributed by atoms with Crippen molar-refractivity contribution >= 4 is 37.7 Å². The maximum absolute atomic E-state index is 4.75. The Morgan fingerprint density at radius 2 is 2.05 bits per heavy atom. The van der Waals surface area contributed by atoms with Gasteiger partial charge in [0.15, 0.2) is 0 Å². The number of halogens is 2. The smallest absolute Gasteiger partial charge is 0.144 e. The second-order valence-electron chi connectivity index (χ2n) is 5.02. The molecule has 0 atom stereocenters. The normalized spacial score (nSPS) is 14.3. The Morgan fingerprint density at radius 3 is 2.70 bits per heavy atom. The Morgan fingerprint density at radius 1 is 1.25 bits per heavy atom. The maximum atomic E-state index is 4.75. The van der Waals surface area contributed by atoms with Gasteiger partial charge in [-0.1, -0.05) is 28.1 Å². The summed E-state index contributed by atoms with van der Waals surface area (Å²) in [4.78, 5) is 9.36. The molecule has 20 heavy (non-hydrogen) atoms. The van der Waals surface area contributed by atoms with Crippen LogP contribution in [0, 0.1) is 0 Å². The molecule has 0 unspecified atom stereocenters. The van der Waals surface area contributed by atoms with Crippen molar-refractivity contribution in [2.24, 2.45) is 0 Å². The van der Waals surface area contributed by atoms with E-state index in [1.165, 1.54) is 18.4 Å². The lowest BCUT2D eigenvalue weighted by Gasteiger charge is -2.11. The van der Waals surface area contributed by atoms with Crippen LogP contribution in [0.4, 0.5) is 5.82 Å². The van der Waals surface area contributed by atoms with Crippen molar-refractivity contribution in [1.29, 1.82) is 0 Å². The Bertz CT molecular complexity index is 639. The van der Waals surface area contributed by atoms with Crippen molar-refractivity contribution in [2.45, 2.75) is 25.2 Å². The molecule has 0 spiro atoms. The van der Waals surface area contributed by atoms with Crippen molar-refractivity contribution in [2.75, 3.05) is 12.4 Å². The fourth-order valence-corrected chi connectivity index (χ4v) is 3.36. The zero-order valence-electron chi connectivity index (χ0n) is 11.2. The molecule has 1 aromatic heterocycles. The number of nitrogens with zero attached hydrogens (tertiary/aromatic N) is 2. The van der Waals surface area contributed by atoms with Gasteiger partial charge in [-0.2, -0.15) is 0 Å². The highest BCUT2D eigenvalue weighted by Crippen LogP contribution is 2.43. The van der Waals surface area contributed by atoms with Crippen molar-refractivity contribution in [3.63, 3.8) is 0 Å². The van der Waals surface area contributed by atoms with Gasteiger partial charge in [0.05, 0.1) is 10.2 Å². The summed E-state index contributed by atoms with van der Waals surface area (Å²) in [6.07, 6.45) is 3.21. The molecule has 1 fully saturated rings. The molecule has 0 aliphatic heterocycles. The Kier molecular flexibility index (Phi) is 4.08. The van der Waals surface area contributed by atoms with E-state index in [4.69, 9.17) is 4.98 Å². The highest BCUT2D eigenvalue weighted by molar-refractivity contribution is 9.11. The zero-order chi connectivity index (χ0) is 14.1. The monoisotopic (exact) mass is 395 g/mol. The fourth-order valence-electron chi connectivity index (χ4n) is 2.21. The third kappa shape index (κ3) is 3.04. The lowest BCUT2D eigenvalue weighted by atomic mass is 10.1. The number of aromatic nitrogens is 2. The summed E-state index contributed by atoms with van der Waals surface area (Å²) in [5, 5.41) is 3.15. The SMILES string of the molecule is CNc1nc(Cc2cccc(Br)c2)nc(C2CC2)c1Br. The molecule has 104 valence electrons. The summed E-state index contributed by atoms with van der Waals surface area (Å²) >= 11 is 7.12. The quantitative estimate of drug-likeness (QED) is 0.825. The van der Waals surface area contributed by atoms with Crippen LogP contribution in [0.3, 0.4) is 0 Å². The van der Waals surface area contributed by atoms with E-state index in [0.717, 1.165) is 32.7 Å². The van der Waals surface area contributed by atoms with E-state index in [1.807, 2.05) is 19.2 Å². The molecule has 0 saturated heterocycles. The number of hydrogen-bond donors (Lipinski definition) is 1. The van der Waals surface area contributed by atoms with Crippen LogP contribution in [-0.2, 0) is 6.42 Å². The fraction of sp³-hybridized carbons (Fsp3) is 0.333. The van der Waals surface area contributed by atoms with Crippen LogP contribution in [0.5, 0.6) is 0 Å². The lowest BCUT2D eigenvalue weighted by molar-refractivity contribution is 0.892. The predicted molar refractivity (Wildman–Crippen MR) is 88.2 cm³/mol. The number of nitrogens with one attached hydrogen (secondary N) is 1. The van der Waals surface area contributed by atoms with E-state index in [1.54, 1.807) is 0 Å².